The summed E-state index contributed by atoms with van der Waals surface area (Å²) in [4.78, 5) is 4.92. The van der Waals surface area contributed by atoms with Crippen molar-refractivity contribution in [1.82, 2.24) is 9.55 Å². The third-order valence-electron chi connectivity index (χ3n) is 3.62. The van der Waals surface area contributed by atoms with Crippen LogP contribution in [0.3, 0.4) is 0 Å². The summed E-state index contributed by atoms with van der Waals surface area (Å²) in [5.41, 5.74) is 8.99. The van der Waals surface area contributed by atoms with E-state index >= 15 is 0 Å². The Hall–Kier alpha value is -1.98. The Morgan fingerprint density at radius 2 is 1.91 bits per heavy atom. The van der Waals surface area contributed by atoms with E-state index in [1.807, 2.05) is 42.7 Å². The summed E-state index contributed by atoms with van der Waals surface area (Å²) < 4.78 is 3.23. The van der Waals surface area contributed by atoms with Crippen LogP contribution in [-0.4, -0.2) is 14.5 Å². The van der Waals surface area contributed by atoms with Crippen molar-refractivity contribution in [2.45, 2.75) is 13.0 Å². The molecule has 0 aliphatic carbocycles. The highest BCUT2D eigenvalue weighted by molar-refractivity contribution is 9.10. The van der Waals surface area contributed by atoms with E-state index in [9.17, 15) is 0 Å². The molecule has 3 nitrogen and oxygen atoms in total. The Balaban J connectivity index is 1.81. The van der Waals surface area contributed by atoms with E-state index in [0.29, 0.717) is 4.99 Å². The van der Waals surface area contributed by atoms with Gasteiger partial charge in [-0.15, -0.1) is 0 Å². The molecule has 2 aromatic carbocycles. The molecule has 0 fully saturated rings. The molecule has 0 unspecified atom stereocenters. The normalized spacial score (nSPS) is 10.7. The number of benzene rings is 2. The molecule has 1 heterocycles. The standard InChI is InChI=1S/C18H16BrN3S/c19-16-6-2-3-13(10-16)11-17-21-7-8-22(17)12-14-4-1-5-15(9-14)18(20)23/h1-10H,11-12H2,(H2,20,23). The summed E-state index contributed by atoms with van der Waals surface area (Å²) >= 11 is 8.56. The monoisotopic (exact) mass is 385 g/mol. The lowest BCUT2D eigenvalue weighted by Gasteiger charge is -2.09. The highest BCUT2D eigenvalue weighted by Gasteiger charge is 2.06. The summed E-state index contributed by atoms with van der Waals surface area (Å²) in [6.45, 7) is 0.750. The van der Waals surface area contributed by atoms with Gasteiger partial charge in [0.05, 0.1) is 0 Å². The Bertz CT molecular complexity index is 842. The lowest BCUT2D eigenvalue weighted by atomic mass is 10.1. The Labute approximate surface area is 149 Å². The molecule has 0 atom stereocenters. The van der Waals surface area contributed by atoms with Crippen LogP contribution in [0.15, 0.2) is 65.4 Å². The number of halogens is 1. The van der Waals surface area contributed by atoms with Gasteiger partial charge in [-0.3, -0.25) is 0 Å². The predicted molar refractivity (Wildman–Crippen MR) is 101 cm³/mol. The minimum atomic E-state index is 0.423. The fraction of sp³-hybridized carbons (Fsp3) is 0.111. The number of rotatable bonds is 5. The van der Waals surface area contributed by atoms with Crippen molar-refractivity contribution >= 4 is 33.1 Å². The Kier molecular flexibility index (Phi) is 4.88. The van der Waals surface area contributed by atoms with Gasteiger partial charge in [0.15, 0.2) is 0 Å². The summed E-state index contributed by atoms with van der Waals surface area (Å²) in [6.07, 6.45) is 4.63. The molecule has 5 heteroatoms. The van der Waals surface area contributed by atoms with Crippen molar-refractivity contribution in [2.75, 3.05) is 0 Å². The van der Waals surface area contributed by atoms with Gasteiger partial charge in [0.2, 0.25) is 0 Å². The summed E-state index contributed by atoms with van der Waals surface area (Å²) in [7, 11) is 0. The van der Waals surface area contributed by atoms with Crippen LogP contribution in [0.5, 0.6) is 0 Å². The molecule has 2 N–H and O–H groups in total. The minimum Gasteiger partial charge on any atom is -0.389 e. The van der Waals surface area contributed by atoms with Crippen LogP contribution >= 0.6 is 28.1 Å². The molecule has 3 rings (SSSR count). The molecule has 23 heavy (non-hydrogen) atoms. The van der Waals surface area contributed by atoms with E-state index in [-0.39, 0.29) is 0 Å². The zero-order chi connectivity index (χ0) is 16.2. The van der Waals surface area contributed by atoms with Gasteiger partial charge in [-0.25, -0.2) is 4.98 Å². The zero-order valence-corrected chi connectivity index (χ0v) is 14.8. The van der Waals surface area contributed by atoms with Crippen molar-refractivity contribution in [3.05, 3.63) is 87.9 Å². The van der Waals surface area contributed by atoms with Gasteiger partial charge in [0.25, 0.3) is 0 Å². The number of imidazole rings is 1. The fourth-order valence-corrected chi connectivity index (χ4v) is 3.07. The third kappa shape index (κ3) is 4.06. The van der Waals surface area contributed by atoms with Gasteiger partial charge < -0.3 is 10.3 Å². The molecular formula is C18H16BrN3S. The molecule has 0 radical (unpaired) electrons. The first-order chi connectivity index (χ1) is 11.1. The van der Waals surface area contributed by atoms with Crippen LogP contribution in [-0.2, 0) is 13.0 Å². The second-order valence-electron chi connectivity index (χ2n) is 5.34. The first-order valence-corrected chi connectivity index (χ1v) is 8.45. The number of nitrogens with two attached hydrogens (primary N) is 1. The number of thiocarbonyl (C=S) groups is 1. The van der Waals surface area contributed by atoms with E-state index < -0.39 is 0 Å². The summed E-state index contributed by atoms with van der Waals surface area (Å²) in [5.74, 6) is 1.03. The first-order valence-electron chi connectivity index (χ1n) is 7.25. The molecule has 0 saturated heterocycles. The van der Waals surface area contributed by atoms with E-state index in [2.05, 4.69) is 43.7 Å². The van der Waals surface area contributed by atoms with Crippen molar-refractivity contribution in [3.8, 4) is 0 Å². The largest absolute Gasteiger partial charge is 0.389 e. The lowest BCUT2D eigenvalue weighted by molar-refractivity contribution is 0.740. The molecule has 0 amide bonds. The molecule has 1 aromatic heterocycles. The molecule has 0 spiro atoms. The Morgan fingerprint density at radius 3 is 2.70 bits per heavy atom. The topological polar surface area (TPSA) is 43.8 Å². The zero-order valence-electron chi connectivity index (χ0n) is 12.4. The van der Waals surface area contributed by atoms with Gasteiger partial charge in [0.1, 0.15) is 10.8 Å². The van der Waals surface area contributed by atoms with E-state index in [1.165, 1.54) is 5.56 Å². The average molecular weight is 386 g/mol. The van der Waals surface area contributed by atoms with Crippen LogP contribution in [0.1, 0.15) is 22.5 Å². The molecule has 0 bridgehead atoms. The minimum absolute atomic E-state index is 0.423. The first kappa shape index (κ1) is 15.9. The second kappa shape index (κ2) is 7.06. The van der Waals surface area contributed by atoms with Gasteiger partial charge in [0, 0.05) is 35.4 Å². The predicted octanol–water partition coefficient (Wildman–Crippen LogP) is 3.92. The van der Waals surface area contributed by atoms with Crippen LogP contribution in [0.25, 0.3) is 0 Å². The van der Waals surface area contributed by atoms with Gasteiger partial charge in [-0.05, 0) is 29.3 Å². The van der Waals surface area contributed by atoms with Crippen molar-refractivity contribution in [3.63, 3.8) is 0 Å². The Morgan fingerprint density at radius 1 is 1.13 bits per heavy atom. The smallest absolute Gasteiger partial charge is 0.113 e. The van der Waals surface area contributed by atoms with Crippen LogP contribution in [0, 0.1) is 0 Å². The molecule has 116 valence electrons. The maximum atomic E-state index is 5.71. The molecule has 0 aliphatic rings. The number of hydrogen-bond donors (Lipinski definition) is 1. The van der Waals surface area contributed by atoms with E-state index in [4.69, 9.17) is 18.0 Å². The van der Waals surface area contributed by atoms with Crippen molar-refractivity contribution in [2.24, 2.45) is 5.73 Å². The number of hydrogen-bond acceptors (Lipinski definition) is 2. The SMILES string of the molecule is NC(=S)c1cccc(Cn2ccnc2Cc2cccc(Br)c2)c1. The summed E-state index contributed by atoms with van der Waals surface area (Å²) in [6, 6.07) is 16.3. The average Bonchev–Trinajstić information content (AvgIpc) is 2.94. The van der Waals surface area contributed by atoms with Crippen molar-refractivity contribution in [1.29, 1.82) is 0 Å². The molecule has 0 saturated carbocycles. The highest BCUT2D eigenvalue weighted by atomic mass is 79.9. The lowest BCUT2D eigenvalue weighted by Crippen LogP contribution is -2.10. The quantitative estimate of drug-likeness (QED) is 0.676. The van der Waals surface area contributed by atoms with E-state index in [0.717, 1.165) is 34.4 Å². The maximum Gasteiger partial charge on any atom is 0.113 e. The van der Waals surface area contributed by atoms with Crippen LogP contribution in [0.2, 0.25) is 0 Å². The summed E-state index contributed by atoms with van der Waals surface area (Å²) in [5, 5.41) is 0. The number of aromatic nitrogens is 2. The highest BCUT2D eigenvalue weighted by Crippen LogP contribution is 2.16. The van der Waals surface area contributed by atoms with Crippen LogP contribution in [0.4, 0.5) is 0 Å². The number of nitrogens with zero attached hydrogens (tertiary/aromatic N) is 2. The second-order valence-corrected chi connectivity index (χ2v) is 6.70. The van der Waals surface area contributed by atoms with Gasteiger partial charge in [-0.1, -0.05) is 58.5 Å². The van der Waals surface area contributed by atoms with E-state index in [1.54, 1.807) is 0 Å². The van der Waals surface area contributed by atoms with Gasteiger partial charge in [-0.2, -0.15) is 0 Å². The maximum absolute atomic E-state index is 5.71. The fourth-order valence-electron chi connectivity index (χ4n) is 2.50. The molecular weight excluding hydrogens is 370 g/mol. The molecule has 0 aliphatic heterocycles. The molecule has 3 aromatic rings. The van der Waals surface area contributed by atoms with Crippen molar-refractivity contribution < 1.29 is 0 Å². The third-order valence-corrected chi connectivity index (χ3v) is 4.35. The van der Waals surface area contributed by atoms with Crippen LogP contribution < -0.4 is 5.73 Å². The van der Waals surface area contributed by atoms with Gasteiger partial charge >= 0.3 is 0 Å².